The number of carbonyl (C=O) groups excluding carboxylic acids is 1. The maximum Gasteiger partial charge on any atom is 0.326 e. The van der Waals surface area contributed by atoms with Crippen molar-refractivity contribution in [2.45, 2.75) is 116 Å². The molecule has 10 heteroatoms. The third-order valence-corrected chi connectivity index (χ3v) is 11.9. The molecule has 4 rings (SSSR count). The fourth-order valence-electron chi connectivity index (χ4n) is 9.72. The number of aliphatic imine (C=N–C) groups is 1. The van der Waals surface area contributed by atoms with Gasteiger partial charge in [0.1, 0.15) is 6.04 Å². The first-order chi connectivity index (χ1) is 18.8. The fraction of sp³-hybridized carbons (Fsp3) is 0.900. The molecule has 12 unspecified atom stereocenters. The van der Waals surface area contributed by atoms with Gasteiger partial charge >= 0.3 is 5.97 Å². The highest BCUT2D eigenvalue weighted by Gasteiger charge is 2.65. The summed E-state index contributed by atoms with van der Waals surface area (Å²) in [4.78, 5) is 28.2. The number of aliphatic hydroxyl groups excluding tert-OH is 3. The van der Waals surface area contributed by atoms with Crippen LogP contribution in [-0.2, 0) is 9.59 Å². The van der Waals surface area contributed by atoms with Gasteiger partial charge in [0.2, 0.25) is 5.91 Å². The van der Waals surface area contributed by atoms with Crippen LogP contribution in [0.15, 0.2) is 4.99 Å². The predicted molar refractivity (Wildman–Crippen MR) is 152 cm³/mol. The van der Waals surface area contributed by atoms with Crippen LogP contribution in [0.25, 0.3) is 0 Å². The van der Waals surface area contributed by atoms with E-state index in [1.165, 1.54) is 0 Å². The average molecular weight is 565 g/mol. The van der Waals surface area contributed by atoms with Crippen LogP contribution < -0.4 is 16.8 Å². The topological polar surface area (TPSA) is 191 Å². The molecule has 0 radical (unpaired) electrons. The van der Waals surface area contributed by atoms with Crippen molar-refractivity contribution in [2.75, 3.05) is 6.54 Å². The summed E-state index contributed by atoms with van der Waals surface area (Å²) in [7, 11) is 0. The summed E-state index contributed by atoms with van der Waals surface area (Å²) in [6.07, 6.45) is 6.17. The fourth-order valence-corrected chi connectivity index (χ4v) is 9.72. The standard InChI is InChI=1S/C30H52N4O6/c1-16(6-9-25(38)34-22(27(39)40)5-4-12-33-28(31)32)19-7-8-20-26-21(15-24(37)30(19,20)3)29(2)11-10-18(35)13-17(29)14-23(26)36/h16-24,26,35-37H,4-15H2,1-3H3,(H,34,38)(H,39,40)(H4,31,32,33). The number of nitrogens with zero attached hydrogens (tertiary/aromatic N) is 1. The molecule has 0 aromatic carbocycles. The van der Waals surface area contributed by atoms with Crippen LogP contribution in [0.4, 0.5) is 0 Å². The molecule has 4 aliphatic carbocycles. The van der Waals surface area contributed by atoms with Crippen molar-refractivity contribution in [3.8, 4) is 0 Å². The number of aliphatic hydroxyl groups is 3. The zero-order valence-corrected chi connectivity index (χ0v) is 24.5. The SMILES string of the molecule is CC(CCC(=O)NC(CCCN=C(N)N)C(=O)O)C1CCC2C3C(O)CC4CC(O)CCC4(C)C3CC(O)C12C. The van der Waals surface area contributed by atoms with Gasteiger partial charge in [-0.15, -0.1) is 0 Å². The zero-order chi connectivity index (χ0) is 29.4. The Morgan fingerprint density at radius 2 is 1.75 bits per heavy atom. The smallest absolute Gasteiger partial charge is 0.326 e. The number of hydrogen-bond acceptors (Lipinski definition) is 6. The van der Waals surface area contributed by atoms with Crippen molar-refractivity contribution in [3.63, 3.8) is 0 Å². The molecular formula is C30H52N4O6. The average Bonchev–Trinajstić information content (AvgIpc) is 3.24. The van der Waals surface area contributed by atoms with Crippen LogP contribution in [0.3, 0.4) is 0 Å². The van der Waals surface area contributed by atoms with Gasteiger partial charge in [0.15, 0.2) is 5.96 Å². The van der Waals surface area contributed by atoms with E-state index in [0.717, 1.165) is 38.5 Å². The molecule has 4 fully saturated rings. The monoisotopic (exact) mass is 564 g/mol. The van der Waals surface area contributed by atoms with Crippen LogP contribution >= 0.6 is 0 Å². The number of aliphatic carboxylic acids is 1. The summed E-state index contributed by atoms with van der Waals surface area (Å²) in [5.74, 6) is -0.0896. The lowest BCUT2D eigenvalue weighted by molar-refractivity contribution is -0.207. The minimum absolute atomic E-state index is 0.0389. The number of carboxylic acid groups (broad SMARTS) is 1. The summed E-state index contributed by atoms with van der Waals surface area (Å²) < 4.78 is 0. The van der Waals surface area contributed by atoms with Crippen LogP contribution in [0.1, 0.15) is 91.4 Å². The van der Waals surface area contributed by atoms with Crippen LogP contribution in [0, 0.1) is 46.3 Å². The minimum atomic E-state index is -1.08. The minimum Gasteiger partial charge on any atom is -0.480 e. The Kier molecular flexibility index (Phi) is 9.42. The highest BCUT2D eigenvalue weighted by atomic mass is 16.4. The van der Waals surface area contributed by atoms with Crippen molar-refractivity contribution in [3.05, 3.63) is 0 Å². The third-order valence-electron chi connectivity index (χ3n) is 11.9. The summed E-state index contributed by atoms with van der Waals surface area (Å²) in [5, 5.41) is 45.7. The van der Waals surface area contributed by atoms with E-state index in [1.54, 1.807) is 0 Å². The number of nitrogens with one attached hydrogen (secondary N) is 1. The first kappa shape index (κ1) is 31.0. The van der Waals surface area contributed by atoms with Crippen LogP contribution in [0.2, 0.25) is 0 Å². The molecule has 0 heterocycles. The second-order valence-corrected chi connectivity index (χ2v) is 13.9. The highest BCUT2D eigenvalue weighted by Crippen LogP contribution is 2.68. The molecule has 12 atom stereocenters. The quantitative estimate of drug-likeness (QED) is 0.119. The van der Waals surface area contributed by atoms with E-state index < -0.39 is 24.2 Å². The molecule has 228 valence electrons. The number of nitrogens with two attached hydrogens (primary N) is 2. The molecule has 0 aromatic rings. The molecule has 10 nitrogen and oxygen atoms in total. The van der Waals surface area contributed by atoms with Crippen LogP contribution in [-0.4, -0.2) is 69.2 Å². The van der Waals surface area contributed by atoms with E-state index in [0.29, 0.717) is 31.7 Å². The van der Waals surface area contributed by atoms with Crippen LogP contribution in [0.5, 0.6) is 0 Å². The molecule has 4 aliphatic rings. The molecule has 40 heavy (non-hydrogen) atoms. The molecule has 0 aromatic heterocycles. The Morgan fingerprint density at radius 1 is 1.02 bits per heavy atom. The second-order valence-electron chi connectivity index (χ2n) is 13.9. The number of fused-ring (bicyclic) bond motifs is 5. The van der Waals surface area contributed by atoms with E-state index in [2.05, 4.69) is 31.1 Å². The van der Waals surface area contributed by atoms with E-state index in [4.69, 9.17) is 11.5 Å². The van der Waals surface area contributed by atoms with Gasteiger partial charge in [-0.3, -0.25) is 9.79 Å². The second kappa shape index (κ2) is 12.1. The lowest BCUT2D eigenvalue weighted by Gasteiger charge is -2.63. The Balaban J connectivity index is 1.38. The van der Waals surface area contributed by atoms with Gasteiger partial charge in [0, 0.05) is 13.0 Å². The summed E-state index contributed by atoms with van der Waals surface area (Å²) in [6.45, 7) is 6.99. The molecule has 9 N–H and O–H groups in total. The molecule has 0 aliphatic heterocycles. The normalized spacial score (nSPS) is 42.0. The van der Waals surface area contributed by atoms with Crippen molar-refractivity contribution in [1.29, 1.82) is 0 Å². The molecule has 1 amide bonds. The number of carbonyl (C=O) groups is 2. The van der Waals surface area contributed by atoms with Crippen molar-refractivity contribution in [2.24, 2.45) is 62.8 Å². The number of guanidine groups is 1. The summed E-state index contributed by atoms with van der Waals surface area (Å²) in [6, 6.07) is -0.985. The van der Waals surface area contributed by atoms with Gasteiger partial charge in [-0.2, -0.15) is 0 Å². The zero-order valence-electron chi connectivity index (χ0n) is 24.5. The van der Waals surface area contributed by atoms with Gasteiger partial charge in [0.25, 0.3) is 0 Å². The van der Waals surface area contributed by atoms with Gasteiger partial charge in [-0.25, -0.2) is 4.79 Å². The maximum atomic E-state index is 12.7. The van der Waals surface area contributed by atoms with Crippen molar-refractivity contribution in [1.82, 2.24) is 5.32 Å². The highest BCUT2D eigenvalue weighted by molar-refractivity contribution is 5.83. The first-order valence-corrected chi connectivity index (χ1v) is 15.4. The molecule has 0 spiro atoms. The number of hydrogen-bond donors (Lipinski definition) is 7. The van der Waals surface area contributed by atoms with E-state index in [9.17, 15) is 30.0 Å². The van der Waals surface area contributed by atoms with E-state index >= 15 is 0 Å². The molecule has 4 saturated carbocycles. The Morgan fingerprint density at radius 3 is 2.42 bits per heavy atom. The molecule has 0 saturated heterocycles. The third kappa shape index (κ3) is 5.86. The number of carboxylic acids is 1. The number of amides is 1. The van der Waals surface area contributed by atoms with Gasteiger partial charge < -0.3 is 37.2 Å². The predicted octanol–water partition coefficient (Wildman–Crippen LogP) is 1.99. The Hall–Kier alpha value is -1.91. The first-order valence-electron chi connectivity index (χ1n) is 15.4. The number of rotatable bonds is 10. The largest absolute Gasteiger partial charge is 0.480 e. The maximum absolute atomic E-state index is 12.7. The molecular weight excluding hydrogens is 512 g/mol. The molecule has 0 bridgehead atoms. The van der Waals surface area contributed by atoms with Gasteiger partial charge in [0.05, 0.1) is 18.3 Å². The Bertz CT molecular complexity index is 958. The Labute approximate surface area is 238 Å². The lowest BCUT2D eigenvalue weighted by atomic mass is 9.43. The van der Waals surface area contributed by atoms with Crippen molar-refractivity contribution >= 4 is 17.8 Å². The lowest BCUT2D eigenvalue weighted by Crippen LogP contribution is -2.62. The van der Waals surface area contributed by atoms with Crippen molar-refractivity contribution < 1.29 is 30.0 Å². The summed E-state index contributed by atoms with van der Waals surface area (Å²) >= 11 is 0. The van der Waals surface area contributed by atoms with Gasteiger partial charge in [-0.05, 0) is 111 Å². The van der Waals surface area contributed by atoms with Gasteiger partial charge in [-0.1, -0.05) is 20.8 Å². The van der Waals surface area contributed by atoms with E-state index in [1.807, 2.05) is 0 Å². The summed E-state index contributed by atoms with van der Waals surface area (Å²) in [5.41, 5.74) is 10.3. The van der Waals surface area contributed by atoms with E-state index in [-0.39, 0.29) is 71.2 Å².